The molecule has 5 nitrogen and oxygen atoms in total. The largest absolute Gasteiger partial charge is 0.466 e. The van der Waals surface area contributed by atoms with E-state index in [1.165, 1.54) is 57.8 Å². The molecule has 0 fully saturated rings. The van der Waals surface area contributed by atoms with Crippen LogP contribution in [0.3, 0.4) is 0 Å². The number of aliphatic hydroxyl groups excluding tert-OH is 1. The average molecular weight is 325 g/mol. The van der Waals surface area contributed by atoms with Gasteiger partial charge in [0.2, 0.25) is 0 Å². The Bertz CT molecular complexity index is 186. The van der Waals surface area contributed by atoms with Crippen LogP contribution in [-0.2, 0) is 4.57 Å². The van der Waals surface area contributed by atoms with Gasteiger partial charge in [-0.3, -0.25) is 0 Å². The average Bonchev–Trinajstić information content (AvgIpc) is 2.25. The minimum Gasteiger partial charge on any atom is -0.396 e. The van der Waals surface area contributed by atoms with E-state index >= 15 is 0 Å². The van der Waals surface area contributed by atoms with Crippen molar-refractivity contribution in [1.82, 2.24) is 0 Å². The molecule has 0 aromatic heterocycles. The molecule has 0 saturated heterocycles. The second kappa shape index (κ2) is 19.7. The molecule has 0 atom stereocenters. The third-order valence-corrected chi connectivity index (χ3v) is 2.51. The smallest absolute Gasteiger partial charge is 0.396 e. The summed E-state index contributed by atoms with van der Waals surface area (Å²) in [7, 11) is -4.64. The Balaban J connectivity index is -0.000000158. The van der Waals surface area contributed by atoms with E-state index in [1.54, 1.807) is 0 Å². The molecule has 0 amide bonds. The monoisotopic (exact) mass is 325 g/mol. The van der Waals surface area contributed by atoms with Gasteiger partial charge in [0.05, 0.1) is 0 Å². The summed E-state index contributed by atoms with van der Waals surface area (Å²) < 4.78 is 8.88. The summed E-state index contributed by atoms with van der Waals surface area (Å²) in [6.07, 6.45) is 13.3. The molecule has 0 spiro atoms. The second-order valence-corrected chi connectivity index (χ2v) is 5.45. The molecule has 0 aromatic carbocycles. The van der Waals surface area contributed by atoms with E-state index < -0.39 is 7.82 Å². The fourth-order valence-corrected chi connectivity index (χ4v) is 1.60. The van der Waals surface area contributed by atoms with Crippen LogP contribution in [0.15, 0.2) is 0 Å². The van der Waals surface area contributed by atoms with Crippen LogP contribution < -0.4 is 0 Å². The number of aliphatic hydroxyl groups is 1. The zero-order valence-electron chi connectivity index (χ0n) is 12.4. The first-order valence-corrected chi connectivity index (χ1v) is 8.37. The van der Waals surface area contributed by atoms with Gasteiger partial charge in [-0.1, -0.05) is 64.7 Å². The van der Waals surface area contributed by atoms with Gasteiger partial charge >= 0.3 is 7.82 Å². The van der Waals surface area contributed by atoms with Crippen molar-refractivity contribution in [3.63, 3.8) is 0 Å². The van der Waals surface area contributed by atoms with Gasteiger partial charge in [0.1, 0.15) is 0 Å². The summed E-state index contributed by atoms with van der Waals surface area (Å²) in [5.41, 5.74) is 0. The summed E-state index contributed by atoms with van der Waals surface area (Å²) in [5.74, 6) is 0. The molecule has 7 heteroatoms. The van der Waals surface area contributed by atoms with Crippen LogP contribution in [0.4, 0.5) is 0 Å². The first-order valence-electron chi connectivity index (χ1n) is 6.81. The molecule has 0 rings (SSSR count). The Kier molecular flexibility index (Phi) is 26.6. The van der Waals surface area contributed by atoms with Crippen LogP contribution in [0.2, 0.25) is 0 Å². The van der Waals surface area contributed by atoms with Crippen molar-refractivity contribution >= 4 is 59.2 Å². The fourth-order valence-electron chi connectivity index (χ4n) is 1.60. The van der Waals surface area contributed by atoms with Crippen LogP contribution in [0.5, 0.6) is 0 Å². The van der Waals surface area contributed by atoms with Crippen LogP contribution >= 0.6 is 7.82 Å². The van der Waals surface area contributed by atoms with Crippen molar-refractivity contribution in [3.05, 3.63) is 0 Å². The van der Waals surface area contributed by atoms with Crippen molar-refractivity contribution in [2.24, 2.45) is 0 Å². The van der Waals surface area contributed by atoms with Gasteiger partial charge in [-0.2, -0.15) is 0 Å². The Hall–Kier alpha value is 1.71. The van der Waals surface area contributed by atoms with E-state index in [1.807, 2.05) is 0 Å². The van der Waals surface area contributed by atoms with E-state index in [0.717, 1.165) is 6.42 Å². The van der Waals surface area contributed by atoms with E-state index in [2.05, 4.69) is 6.92 Å². The maximum Gasteiger partial charge on any atom is 0.466 e. The Morgan fingerprint density at radius 3 is 1.32 bits per heavy atom. The predicted molar refractivity (Wildman–Crippen MR) is 81.1 cm³/mol. The van der Waals surface area contributed by atoms with Gasteiger partial charge in [0.15, 0.2) is 0 Å². The van der Waals surface area contributed by atoms with Gasteiger partial charge in [0.25, 0.3) is 0 Å². The third-order valence-electron chi connectivity index (χ3n) is 2.51. The van der Waals surface area contributed by atoms with Gasteiger partial charge in [0, 0.05) is 59.4 Å². The van der Waals surface area contributed by atoms with E-state index in [-0.39, 0.29) is 52.8 Å². The normalized spacial score (nSPS) is 10.4. The van der Waals surface area contributed by atoms with E-state index in [4.69, 9.17) is 24.4 Å². The van der Waals surface area contributed by atoms with Crippen LogP contribution in [0.25, 0.3) is 0 Å². The molecular formula is C12H31KO5P. The number of rotatable bonds is 10. The first kappa shape index (κ1) is 25.6. The molecule has 0 heterocycles. The number of hydrogen-bond acceptors (Lipinski definition) is 2. The minimum atomic E-state index is -4.64. The standard InChI is InChI=1S/C12H26O.K.H3O4P.H2/c1-2-3-4-5-6-7-8-9-10-11-12-13;;1-5(2,3)4;/h13H,2-12H2,1H3;;(H3,1,2,3,4);1H. The van der Waals surface area contributed by atoms with E-state index in [9.17, 15) is 0 Å². The van der Waals surface area contributed by atoms with Crippen molar-refractivity contribution in [2.75, 3.05) is 6.61 Å². The summed E-state index contributed by atoms with van der Waals surface area (Å²) in [6, 6.07) is 0. The molecule has 115 valence electrons. The van der Waals surface area contributed by atoms with Crippen LogP contribution in [0, 0.1) is 0 Å². The molecule has 4 N–H and O–H groups in total. The zero-order chi connectivity index (χ0) is 14.3. The fraction of sp³-hybridized carbons (Fsp3) is 1.00. The second-order valence-electron chi connectivity index (χ2n) is 4.42. The quantitative estimate of drug-likeness (QED) is 0.281. The van der Waals surface area contributed by atoms with Crippen LogP contribution in [-0.4, -0.2) is 77.8 Å². The Morgan fingerprint density at radius 2 is 1.05 bits per heavy atom. The summed E-state index contributed by atoms with van der Waals surface area (Å²) >= 11 is 0. The molecule has 19 heavy (non-hydrogen) atoms. The third kappa shape index (κ3) is 45.1. The van der Waals surface area contributed by atoms with Gasteiger partial charge in [-0.05, 0) is 6.42 Å². The molecule has 0 bridgehead atoms. The molecule has 1 radical (unpaired) electrons. The van der Waals surface area contributed by atoms with Gasteiger partial charge < -0.3 is 19.8 Å². The molecule has 0 aromatic rings. The Labute approximate surface area is 161 Å². The van der Waals surface area contributed by atoms with Crippen molar-refractivity contribution in [3.8, 4) is 0 Å². The molecule has 0 unspecified atom stereocenters. The minimum absolute atomic E-state index is 0. The maximum absolute atomic E-state index is 8.88. The summed E-state index contributed by atoms with van der Waals surface area (Å²) in [5, 5.41) is 8.57. The maximum atomic E-state index is 8.88. The van der Waals surface area contributed by atoms with Crippen molar-refractivity contribution in [2.45, 2.75) is 71.1 Å². The summed E-state index contributed by atoms with van der Waals surface area (Å²) in [4.78, 5) is 21.6. The number of hydrogen-bond donors (Lipinski definition) is 4. The molecule has 0 saturated carbocycles. The van der Waals surface area contributed by atoms with Crippen molar-refractivity contribution < 1.29 is 25.8 Å². The predicted octanol–water partition coefficient (Wildman–Crippen LogP) is 2.84. The van der Waals surface area contributed by atoms with Gasteiger partial charge in [-0.25, -0.2) is 4.57 Å². The molecule has 0 aliphatic carbocycles. The number of unbranched alkanes of at least 4 members (excludes halogenated alkanes) is 9. The SMILES string of the molecule is CCCCCCCCCCCCO.O=P(O)(O)O.[HH].[K]. The van der Waals surface area contributed by atoms with Crippen molar-refractivity contribution in [1.29, 1.82) is 0 Å². The Morgan fingerprint density at radius 1 is 0.789 bits per heavy atom. The molecule has 0 aliphatic rings. The molecule has 0 aliphatic heterocycles. The van der Waals surface area contributed by atoms with Gasteiger partial charge in [-0.15, -0.1) is 0 Å². The zero-order valence-corrected chi connectivity index (χ0v) is 16.4. The van der Waals surface area contributed by atoms with E-state index in [0.29, 0.717) is 6.61 Å². The summed E-state index contributed by atoms with van der Waals surface area (Å²) in [6.45, 7) is 2.63. The van der Waals surface area contributed by atoms with Crippen LogP contribution in [0.1, 0.15) is 72.6 Å². The number of phosphoric acid groups is 1. The first-order chi connectivity index (χ1) is 8.41. The molecular weight excluding hydrogens is 294 g/mol. The topological polar surface area (TPSA) is 98.0 Å².